The minimum atomic E-state index is -4.85. The van der Waals surface area contributed by atoms with E-state index in [1.54, 1.807) is 0 Å². The van der Waals surface area contributed by atoms with Gasteiger partial charge in [0.1, 0.15) is 10.6 Å². The highest BCUT2D eigenvalue weighted by molar-refractivity contribution is 7.86. The predicted octanol–water partition coefficient (Wildman–Crippen LogP) is 4.52. The molecule has 0 atom stereocenters. The number of phenols is 1. The fourth-order valence-corrected chi connectivity index (χ4v) is 5.29. The van der Waals surface area contributed by atoms with Crippen LogP contribution in [0.1, 0.15) is 0 Å². The fraction of sp³-hybridized carbons (Fsp3) is 0. The third-order valence-electron chi connectivity index (χ3n) is 5.49. The summed E-state index contributed by atoms with van der Waals surface area (Å²) in [7, 11) is -9.67. The zero-order valence-electron chi connectivity index (χ0n) is 18.9. The lowest BCUT2D eigenvalue weighted by Crippen LogP contribution is -2.06. The van der Waals surface area contributed by atoms with E-state index in [9.17, 15) is 31.0 Å². The molecule has 0 fully saturated rings. The maximum atomic E-state index is 11.9. The van der Waals surface area contributed by atoms with Crippen molar-refractivity contribution >= 4 is 76.7 Å². The first-order chi connectivity index (χ1) is 17.9. The van der Waals surface area contributed by atoms with E-state index in [-0.39, 0.29) is 33.6 Å². The van der Waals surface area contributed by atoms with Crippen LogP contribution in [-0.4, -0.2) is 46.0 Å². The van der Waals surface area contributed by atoms with Crippen molar-refractivity contribution in [3.05, 3.63) is 72.0 Å². The standard InChI is InChI=1S/C23H16ClN5O7S2/c24-21-27-22(25-16-7-3-5-12-4-1-2-6-14(12)16)29-23(28-21)26-17-8-9-19(38(34,35)36)15-10-13(37(31,32)33)11-18(30)20(15)17/h1-11,30H,(H,31,32,33)(H,34,35,36)(H2,25,26,27,28,29). The van der Waals surface area contributed by atoms with Gasteiger partial charge in [-0.15, -0.1) is 0 Å². The monoisotopic (exact) mass is 573 g/mol. The molecule has 0 radical (unpaired) electrons. The summed E-state index contributed by atoms with van der Waals surface area (Å²) >= 11 is 6.11. The van der Waals surface area contributed by atoms with Gasteiger partial charge >= 0.3 is 0 Å². The predicted molar refractivity (Wildman–Crippen MR) is 141 cm³/mol. The molecule has 0 aliphatic rings. The van der Waals surface area contributed by atoms with Crippen LogP contribution in [-0.2, 0) is 20.2 Å². The van der Waals surface area contributed by atoms with Crippen LogP contribution >= 0.6 is 11.6 Å². The number of nitrogens with zero attached hydrogens (tertiary/aromatic N) is 3. The summed E-state index contributed by atoms with van der Waals surface area (Å²) in [6, 6.07) is 16.9. The lowest BCUT2D eigenvalue weighted by Gasteiger charge is -2.14. The molecule has 5 aromatic rings. The number of aromatic hydroxyl groups is 1. The highest BCUT2D eigenvalue weighted by Gasteiger charge is 2.22. The lowest BCUT2D eigenvalue weighted by molar-refractivity contribution is 0.470. The first-order valence-electron chi connectivity index (χ1n) is 10.6. The summed E-state index contributed by atoms with van der Waals surface area (Å²) in [5.41, 5.74) is 0.722. The normalized spacial score (nSPS) is 12.1. The molecule has 1 aromatic heterocycles. The first-order valence-corrected chi connectivity index (χ1v) is 13.8. The minimum Gasteiger partial charge on any atom is -0.507 e. The molecule has 4 aromatic carbocycles. The molecule has 38 heavy (non-hydrogen) atoms. The molecule has 5 N–H and O–H groups in total. The zero-order valence-corrected chi connectivity index (χ0v) is 21.3. The molecule has 12 nitrogen and oxygen atoms in total. The average molecular weight is 574 g/mol. The van der Waals surface area contributed by atoms with E-state index in [1.165, 1.54) is 6.07 Å². The van der Waals surface area contributed by atoms with Crippen LogP contribution in [0, 0.1) is 0 Å². The van der Waals surface area contributed by atoms with Crippen LogP contribution in [0.5, 0.6) is 5.75 Å². The number of hydrogen-bond acceptors (Lipinski definition) is 10. The zero-order chi connectivity index (χ0) is 27.2. The van der Waals surface area contributed by atoms with Crippen molar-refractivity contribution in [2.45, 2.75) is 9.79 Å². The number of hydrogen-bond donors (Lipinski definition) is 5. The Kier molecular flexibility index (Phi) is 6.28. The summed E-state index contributed by atoms with van der Waals surface area (Å²) in [5, 5.41) is 17.5. The molecule has 0 saturated carbocycles. The SMILES string of the molecule is O=S(=O)(O)c1cc(O)c2c(Nc3nc(Cl)nc(Nc4cccc5ccccc45)n3)ccc(S(=O)(=O)O)c2c1. The Bertz CT molecular complexity index is 1960. The number of benzene rings is 4. The van der Waals surface area contributed by atoms with Gasteiger partial charge < -0.3 is 15.7 Å². The van der Waals surface area contributed by atoms with Gasteiger partial charge in [0.2, 0.25) is 17.2 Å². The number of nitrogens with one attached hydrogen (secondary N) is 2. The van der Waals surface area contributed by atoms with Crippen LogP contribution < -0.4 is 10.6 Å². The quantitative estimate of drug-likeness (QED) is 0.179. The average Bonchev–Trinajstić information content (AvgIpc) is 2.82. The van der Waals surface area contributed by atoms with Gasteiger partial charge in [-0.05, 0) is 41.3 Å². The number of rotatable bonds is 6. The maximum absolute atomic E-state index is 11.9. The number of fused-ring (bicyclic) bond motifs is 2. The topological polar surface area (TPSA) is 192 Å². The van der Waals surface area contributed by atoms with Gasteiger partial charge in [-0.1, -0.05) is 36.4 Å². The van der Waals surface area contributed by atoms with Gasteiger partial charge in [-0.3, -0.25) is 9.11 Å². The molecular formula is C23H16ClN5O7S2. The largest absolute Gasteiger partial charge is 0.507 e. The first kappa shape index (κ1) is 25.6. The smallest absolute Gasteiger partial charge is 0.295 e. The molecule has 15 heteroatoms. The van der Waals surface area contributed by atoms with Crippen LogP contribution in [0.25, 0.3) is 21.5 Å². The van der Waals surface area contributed by atoms with Gasteiger partial charge in [0.15, 0.2) is 0 Å². The molecule has 5 rings (SSSR count). The van der Waals surface area contributed by atoms with Crippen molar-refractivity contribution < 1.29 is 31.0 Å². The van der Waals surface area contributed by atoms with E-state index in [4.69, 9.17) is 11.6 Å². The highest BCUT2D eigenvalue weighted by Crippen LogP contribution is 2.39. The summed E-state index contributed by atoms with van der Waals surface area (Å²) in [6.07, 6.45) is 0. The Balaban J connectivity index is 1.60. The second-order valence-electron chi connectivity index (χ2n) is 7.95. The molecule has 0 spiro atoms. The Morgan fingerprint density at radius 2 is 1.37 bits per heavy atom. The number of halogens is 1. The summed E-state index contributed by atoms with van der Waals surface area (Å²) in [6.45, 7) is 0. The molecule has 194 valence electrons. The Hall–Kier alpha value is -4.08. The van der Waals surface area contributed by atoms with E-state index in [1.807, 2.05) is 42.5 Å². The van der Waals surface area contributed by atoms with Crippen molar-refractivity contribution in [2.24, 2.45) is 0 Å². The lowest BCUT2D eigenvalue weighted by atomic mass is 10.1. The summed E-state index contributed by atoms with van der Waals surface area (Å²) in [4.78, 5) is 10.9. The van der Waals surface area contributed by atoms with Gasteiger partial charge in [-0.2, -0.15) is 31.8 Å². The Morgan fingerprint density at radius 3 is 2.05 bits per heavy atom. The maximum Gasteiger partial charge on any atom is 0.295 e. The van der Waals surface area contributed by atoms with Crippen molar-refractivity contribution in [3.63, 3.8) is 0 Å². The molecule has 0 unspecified atom stereocenters. The molecular weight excluding hydrogens is 558 g/mol. The van der Waals surface area contributed by atoms with Gasteiger partial charge in [-0.25, -0.2) is 0 Å². The van der Waals surface area contributed by atoms with Crippen LogP contribution in [0.4, 0.5) is 23.3 Å². The van der Waals surface area contributed by atoms with Crippen molar-refractivity contribution in [3.8, 4) is 5.75 Å². The van der Waals surface area contributed by atoms with Crippen LogP contribution in [0.3, 0.4) is 0 Å². The third kappa shape index (κ3) is 5.03. The molecule has 1 heterocycles. The Morgan fingerprint density at radius 1 is 0.711 bits per heavy atom. The van der Waals surface area contributed by atoms with E-state index in [2.05, 4.69) is 25.6 Å². The second kappa shape index (κ2) is 9.34. The van der Waals surface area contributed by atoms with Crippen molar-refractivity contribution in [2.75, 3.05) is 10.6 Å². The number of anilines is 4. The Labute approximate surface area is 220 Å². The van der Waals surface area contributed by atoms with E-state index >= 15 is 0 Å². The van der Waals surface area contributed by atoms with Gasteiger partial charge in [0, 0.05) is 27.9 Å². The number of phenolic OH excluding ortho intramolecular Hbond substituents is 1. The van der Waals surface area contributed by atoms with E-state index in [0.29, 0.717) is 5.69 Å². The second-order valence-corrected chi connectivity index (χ2v) is 11.1. The van der Waals surface area contributed by atoms with E-state index in [0.717, 1.165) is 29.0 Å². The minimum absolute atomic E-state index is 0.0326. The highest BCUT2D eigenvalue weighted by atomic mass is 35.5. The molecule has 0 amide bonds. The van der Waals surface area contributed by atoms with E-state index < -0.39 is 35.8 Å². The number of aromatic nitrogens is 3. The van der Waals surface area contributed by atoms with Gasteiger partial charge in [0.05, 0.1) is 10.6 Å². The van der Waals surface area contributed by atoms with Crippen LogP contribution in [0.15, 0.2) is 76.5 Å². The fourth-order valence-electron chi connectivity index (χ4n) is 3.93. The van der Waals surface area contributed by atoms with Crippen molar-refractivity contribution in [1.29, 1.82) is 0 Å². The molecule has 0 saturated heterocycles. The molecule has 0 aliphatic heterocycles. The molecule has 0 aliphatic carbocycles. The van der Waals surface area contributed by atoms with Crippen molar-refractivity contribution in [1.82, 2.24) is 15.0 Å². The van der Waals surface area contributed by atoms with Crippen LogP contribution in [0.2, 0.25) is 5.28 Å². The third-order valence-corrected chi connectivity index (χ3v) is 7.41. The summed E-state index contributed by atoms with van der Waals surface area (Å²) in [5.74, 6) is -0.745. The van der Waals surface area contributed by atoms with Gasteiger partial charge in [0.25, 0.3) is 20.2 Å². The molecule has 0 bridgehead atoms. The summed E-state index contributed by atoms with van der Waals surface area (Å²) < 4.78 is 66.2.